The molecule has 3 heterocycles. The molecule has 152 valence electrons. The van der Waals surface area contributed by atoms with E-state index in [1.54, 1.807) is 6.26 Å². The highest BCUT2D eigenvalue weighted by Crippen LogP contribution is 2.30. The second-order valence-electron chi connectivity index (χ2n) is 7.12. The van der Waals surface area contributed by atoms with E-state index in [0.29, 0.717) is 34.1 Å². The predicted molar refractivity (Wildman–Crippen MR) is 110 cm³/mol. The number of benzene rings is 1. The molecule has 0 saturated heterocycles. The van der Waals surface area contributed by atoms with E-state index in [-0.39, 0.29) is 11.9 Å². The Hall–Kier alpha value is -3.33. The minimum absolute atomic E-state index is 0.194. The predicted octanol–water partition coefficient (Wildman–Crippen LogP) is 4.01. The highest BCUT2D eigenvalue weighted by atomic mass is 32.2. The molecule has 4 aromatic rings. The van der Waals surface area contributed by atoms with Crippen LogP contribution in [-0.2, 0) is 5.75 Å². The number of amides is 1. The van der Waals surface area contributed by atoms with Crippen molar-refractivity contribution in [3.63, 3.8) is 0 Å². The molecule has 8 nitrogen and oxygen atoms in total. The molecular formula is C21H19N5O3S. The van der Waals surface area contributed by atoms with Crippen LogP contribution in [0.15, 0.2) is 62.9 Å². The van der Waals surface area contributed by atoms with Gasteiger partial charge in [-0.25, -0.2) is 4.98 Å². The molecule has 1 aliphatic carbocycles. The molecule has 9 heteroatoms. The van der Waals surface area contributed by atoms with Gasteiger partial charge in [0.2, 0.25) is 11.7 Å². The lowest BCUT2D eigenvalue weighted by Gasteiger charge is -2.09. The Morgan fingerprint density at radius 1 is 1.23 bits per heavy atom. The number of nitrogens with one attached hydrogen (secondary N) is 1. The van der Waals surface area contributed by atoms with Crippen molar-refractivity contribution in [2.45, 2.75) is 36.7 Å². The average molecular weight is 421 g/mol. The second kappa shape index (κ2) is 7.83. The molecule has 0 bridgehead atoms. The van der Waals surface area contributed by atoms with E-state index in [1.165, 1.54) is 18.0 Å². The van der Waals surface area contributed by atoms with Crippen molar-refractivity contribution in [2.75, 3.05) is 0 Å². The molecule has 0 atom stereocenters. The van der Waals surface area contributed by atoms with Crippen LogP contribution in [0.2, 0.25) is 0 Å². The fourth-order valence-corrected chi connectivity index (χ4v) is 3.83. The number of hydrogen-bond donors (Lipinski definition) is 1. The van der Waals surface area contributed by atoms with E-state index < -0.39 is 0 Å². The number of thioether (sulfide) groups is 1. The lowest BCUT2D eigenvalue weighted by Crippen LogP contribution is -2.25. The summed E-state index contributed by atoms with van der Waals surface area (Å²) in [6, 6.07) is 12.0. The van der Waals surface area contributed by atoms with Crippen LogP contribution in [0.1, 0.15) is 34.8 Å². The first-order chi connectivity index (χ1) is 14.7. The SMILES string of the molecule is Cc1cccc(-n2c(SCc3nc(C(=O)NC4CC4)co3)nnc2-c2ccco2)c1. The lowest BCUT2D eigenvalue weighted by molar-refractivity contribution is 0.0946. The van der Waals surface area contributed by atoms with Gasteiger partial charge in [0.25, 0.3) is 5.91 Å². The summed E-state index contributed by atoms with van der Waals surface area (Å²) in [5.41, 5.74) is 2.36. The molecule has 0 unspecified atom stereocenters. The molecule has 0 radical (unpaired) electrons. The zero-order chi connectivity index (χ0) is 20.5. The van der Waals surface area contributed by atoms with Crippen molar-refractivity contribution < 1.29 is 13.6 Å². The van der Waals surface area contributed by atoms with Crippen molar-refractivity contribution in [3.8, 4) is 17.3 Å². The summed E-state index contributed by atoms with van der Waals surface area (Å²) in [6.45, 7) is 2.04. The number of furan rings is 1. The second-order valence-corrected chi connectivity index (χ2v) is 8.06. The van der Waals surface area contributed by atoms with E-state index in [1.807, 2.05) is 41.8 Å². The van der Waals surface area contributed by atoms with Crippen LogP contribution in [0.3, 0.4) is 0 Å². The quantitative estimate of drug-likeness (QED) is 0.450. The van der Waals surface area contributed by atoms with Crippen LogP contribution in [0.4, 0.5) is 0 Å². The average Bonchev–Trinajstić information content (AvgIpc) is 3.18. The van der Waals surface area contributed by atoms with Gasteiger partial charge in [-0.1, -0.05) is 23.9 Å². The summed E-state index contributed by atoms with van der Waals surface area (Å²) in [6.07, 6.45) is 5.06. The van der Waals surface area contributed by atoms with E-state index in [0.717, 1.165) is 24.1 Å². The smallest absolute Gasteiger partial charge is 0.273 e. The summed E-state index contributed by atoms with van der Waals surface area (Å²) in [5, 5.41) is 12.3. The Morgan fingerprint density at radius 3 is 2.90 bits per heavy atom. The zero-order valence-corrected chi connectivity index (χ0v) is 17.1. The largest absolute Gasteiger partial charge is 0.461 e. The third-order valence-electron chi connectivity index (χ3n) is 4.66. The minimum Gasteiger partial charge on any atom is -0.461 e. The van der Waals surface area contributed by atoms with Crippen molar-refractivity contribution in [1.29, 1.82) is 0 Å². The summed E-state index contributed by atoms with van der Waals surface area (Å²) in [5.74, 6) is 1.93. The maximum absolute atomic E-state index is 12.1. The van der Waals surface area contributed by atoms with Gasteiger partial charge in [0, 0.05) is 6.04 Å². The van der Waals surface area contributed by atoms with Gasteiger partial charge in [-0.15, -0.1) is 10.2 Å². The maximum atomic E-state index is 12.1. The van der Waals surface area contributed by atoms with Gasteiger partial charge in [-0.3, -0.25) is 9.36 Å². The van der Waals surface area contributed by atoms with Gasteiger partial charge in [0.05, 0.1) is 17.7 Å². The molecule has 5 rings (SSSR count). The number of carbonyl (C=O) groups excluding carboxylic acids is 1. The van der Waals surface area contributed by atoms with Crippen molar-refractivity contribution >= 4 is 17.7 Å². The highest BCUT2D eigenvalue weighted by Gasteiger charge is 2.25. The minimum atomic E-state index is -0.194. The number of nitrogens with zero attached hydrogens (tertiary/aromatic N) is 4. The Bertz CT molecular complexity index is 1180. The van der Waals surface area contributed by atoms with Gasteiger partial charge < -0.3 is 14.2 Å². The van der Waals surface area contributed by atoms with Crippen LogP contribution in [0.25, 0.3) is 17.3 Å². The Balaban J connectivity index is 1.39. The highest BCUT2D eigenvalue weighted by molar-refractivity contribution is 7.98. The normalized spacial score (nSPS) is 13.5. The summed E-state index contributed by atoms with van der Waals surface area (Å²) in [4.78, 5) is 16.4. The number of rotatable bonds is 7. The van der Waals surface area contributed by atoms with E-state index in [4.69, 9.17) is 8.83 Å². The van der Waals surface area contributed by atoms with E-state index >= 15 is 0 Å². The third-order valence-corrected chi connectivity index (χ3v) is 5.57. The van der Waals surface area contributed by atoms with Gasteiger partial charge in [0.1, 0.15) is 6.26 Å². The molecule has 1 fully saturated rings. The standard InChI is InChI=1S/C21H19N5O3S/c1-13-4-2-5-15(10-13)26-19(17-6-3-9-28-17)24-25-21(26)30-12-18-23-16(11-29-18)20(27)22-14-7-8-14/h2-6,9-11,14H,7-8,12H2,1H3,(H,22,27). The van der Waals surface area contributed by atoms with Gasteiger partial charge in [-0.2, -0.15) is 0 Å². The Kier molecular flexibility index (Phi) is 4.88. The van der Waals surface area contributed by atoms with Crippen molar-refractivity contribution in [1.82, 2.24) is 25.1 Å². The molecular weight excluding hydrogens is 402 g/mol. The molecule has 1 N–H and O–H groups in total. The summed E-state index contributed by atoms with van der Waals surface area (Å²) < 4.78 is 13.0. The van der Waals surface area contributed by atoms with Gasteiger partial charge in [0.15, 0.2) is 16.6 Å². The molecule has 30 heavy (non-hydrogen) atoms. The first-order valence-electron chi connectivity index (χ1n) is 9.62. The number of aryl methyl sites for hydroxylation is 1. The van der Waals surface area contributed by atoms with Gasteiger partial charge in [-0.05, 0) is 49.6 Å². The van der Waals surface area contributed by atoms with Crippen LogP contribution in [0.5, 0.6) is 0 Å². The summed E-state index contributed by atoms with van der Waals surface area (Å²) >= 11 is 1.43. The Labute approximate surface area is 176 Å². The maximum Gasteiger partial charge on any atom is 0.273 e. The van der Waals surface area contributed by atoms with Gasteiger partial charge >= 0.3 is 0 Å². The number of aromatic nitrogens is 4. The Morgan fingerprint density at radius 2 is 2.13 bits per heavy atom. The molecule has 0 spiro atoms. The van der Waals surface area contributed by atoms with Crippen LogP contribution < -0.4 is 5.32 Å². The van der Waals surface area contributed by atoms with Crippen LogP contribution in [-0.4, -0.2) is 31.7 Å². The van der Waals surface area contributed by atoms with Crippen LogP contribution in [0, 0.1) is 6.92 Å². The van der Waals surface area contributed by atoms with Crippen molar-refractivity contribution in [2.24, 2.45) is 0 Å². The molecule has 0 aliphatic heterocycles. The fourth-order valence-electron chi connectivity index (χ4n) is 3.02. The molecule has 1 aliphatic rings. The first-order valence-corrected chi connectivity index (χ1v) is 10.6. The fraction of sp³-hybridized carbons (Fsp3) is 0.238. The topological polar surface area (TPSA) is 99.0 Å². The number of oxazole rings is 1. The van der Waals surface area contributed by atoms with Crippen molar-refractivity contribution in [3.05, 3.63) is 66.1 Å². The van der Waals surface area contributed by atoms with E-state index in [2.05, 4.69) is 26.6 Å². The molecule has 1 amide bonds. The summed E-state index contributed by atoms with van der Waals surface area (Å²) in [7, 11) is 0. The zero-order valence-electron chi connectivity index (χ0n) is 16.2. The monoisotopic (exact) mass is 421 g/mol. The number of hydrogen-bond acceptors (Lipinski definition) is 7. The third kappa shape index (κ3) is 3.88. The number of carbonyl (C=O) groups is 1. The molecule has 1 saturated carbocycles. The van der Waals surface area contributed by atoms with E-state index in [9.17, 15) is 4.79 Å². The molecule has 3 aromatic heterocycles. The van der Waals surface area contributed by atoms with Crippen LogP contribution >= 0.6 is 11.8 Å². The first kappa shape index (κ1) is 18.7. The molecule has 1 aromatic carbocycles. The lowest BCUT2D eigenvalue weighted by atomic mass is 10.2.